The van der Waals surface area contributed by atoms with Crippen molar-refractivity contribution in [1.29, 1.82) is 0 Å². The summed E-state index contributed by atoms with van der Waals surface area (Å²) < 4.78 is 12.7. The summed E-state index contributed by atoms with van der Waals surface area (Å²) in [7, 11) is 0. The lowest BCUT2D eigenvalue weighted by Gasteiger charge is -2.50. The van der Waals surface area contributed by atoms with Gasteiger partial charge in [0.1, 0.15) is 6.04 Å². The number of hydrogen-bond acceptors (Lipinski definition) is 6. The minimum atomic E-state index is -0.567. The largest absolute Gasteiger partial charge is 0.349 e. The second kappa shape index (κ2) is 11.4. The molecule has 2 amide bonds. The van der Waals surface area contributed by atoms with Crippen molar-refractivity contribution in [3.63, 3.8) is 0 Å². The summed E-state index contributed by atoms with van der Waals surface area (Å²) in [4.78, 5) is 33.6. The lowest BCUT2D eigenvalue weighted by atomic mass is 9.92. The van der Waals surface area contributed by atoms with Crippen LogP contribution in [0.25, 0.3) is 0 Å². The van der Waals surface area contributed by atoms with Crippen molar-refractivity contribution in [2.75, 3.05) is 52.5 Å². The number of hydrogen-bond donors (Lipinski definition) is 1. The predicted molar refractivity (Wildman–Crippen MR) is 136 cm³/mol. The normalized spacial score (nSPS) is 33.5. The van der Waals surface area contributed by atoms with Crippen molar-refractivity contribution in [2.24, 2.45) is 17.8 Å². The molecule has 1 N–H and O–H groups in total. The van der Waals surface area contributed by atoms with Gasteiger partial charge in [0, 0.05) is 51.0 Å². The highest BCUT2D eigenvalue weighted by Gasteiger charge is 2.47. The molecule has 0 radical (unpaired) electrons. The Labute approximate surface area is 212 Å². The number of likely N-dealkylation sites (tertiary alicyclic amines) is 2. The Morgan fingerprint density at radius 1 is 1.09 bits per heavy atom. The van der Waals surface area contributed by atoms with Crippen LogP contribution in [-0.4, -0.2) is 103 Å². The maximum absolute atomic E-state index is 13.9. The molecular formula is C27H48N4O4. The monoisotopic (exact) mass is 492 g/mol. The van der Waals surface area contributed by atoms with Crippen LogP contribution in [0.3, 0.4) is 0 Å². The summed E-state index contributed by atoms with van der Waals surface area (Å²) in [5.41, 5.74) is 0. The Morgan fingerprint density at radius 3 is 2.37 bits per heavy atom. The van der Waals surface area contributed by atoms with Crippen LogP contribution in [-0.2, 0) is 19.1 Å². The number of rotatable bonds is 8. The molecular weight excluding hydrogens is 444 g/mol. The molecule has 4 saturated heterocycles. The van der Waals surface area contributed by atoms with Gasteiger partial charge in [0.25, 0.3) is 0 Å². The minimum absolute atomic E-state index is 0.0160. The molecule has 0 aliphatic carbocycles. The van der Waals surface area contributed by atoms with E-state index in [9.17, 15) is 9.59 Å². The standard InChI is InChI=1S/C27H48N4O4/c1-19(2)13-23-25(32)31(12-8-28-23)24(14-20(3)4)26(33)30-11-7-27(15-21(30)5)34-17-22(18-35-27)16-29-9-6-10-29/h19-24,28H,6-18H2,1-5H3/t21-,22?,23-,24-,27?/m0/s1. The molecule has 35 heavy (non-hydrogen) atoms. The average Bonchev–Trinajstić information content (AvgIpc) is 2.77. The number of nitrogens with zero attached hydrogens (tertiary/aromatic N) is 3. The van der Waals surface area contributed by atoms with E-state index in [0.29, 0.717) is 50.1 Å². The maximum atomic E-state index is 13.9. The predicted octanol–water partition coefficient (Wildman–Crippen LogP) is 2.32. The van der Waals surface area contributed by atoms with Gasteiger partial charge in [-0.2, -0.15) is 0 Å². The zero-order chi connectivity index (χ0) is 25.2. The van der Waals surface area contributed by atoms with Crippen molar-refractivity contribution in [2.45, 2.75) is 90.6 Å². The third kappa shape index (κ3) is 6.38. The summed E-state index contributed by atoms with van der Waals surface area (Å²) in [6.07, 6.45) is 4.18. The molecule has 8 heteroatoms. The summed E-state index contributed by atoms with van der Waals surface area (Å²) in [6.45, 7) is 17.5. The number of carbonyl (C=O) groups excluding carboxylic acids is 2. The number of amides is 2. The van der Waals surface area contributed by atoms with Crippen LogP contribution in [0.4, 0.5) is 0 Å². The van der Waals surface area contributed by atoms with E-state index in [-0.39, 0.29) is 23.9 Å². The van der Waals surface area contributed by atoms with E-state index in [1.807, 2.05) is 9.80 Å². The summed E-state index contributed by atoms with van der Waals surface area (Å²) in [5.74, 6) is 0.791. The van der Waals surface area contributed by atoms with Crippen LogP contribution < -0.4 is 5.32 Å². The van der Waals surface area contributed by atoms with Crippen LogP contribution in [0, 0.1) is 17.8 Å². The molecule has 4 heterocycles. The fourth-order valence-corrected chi connectivity index (χ4v) is 6.15. The summed E-state index contributed by atoms with van der Waals surface area (Å²) >= 11 is 0. The second-order valence-corrected chi connectivity index (χ2v) is 12.2. The molecule has 0 aromatic carbocycles. The SMILES string of the molecule is CC(C)C[C@@H]1NCCN([C@@H](CC(C)C)C(=O)N2CCC3(C[C@@H]2C)OCC(CN2CCC2)CO3)C1=O. The van der Waals surface area contributed by atoms with E-state index in [1.165, 1.54) is 19.5 Å². The molecule has 0 aromatic heterocycles. The topological polar surface area (TPSA) is 74.3 Å². The molecule has 4 fully saturated rings. The molecule has 1 spiro atoms. The zero-order valence-corrected chi connectivity index (χ0v) is 22.6. The van der Waals surface area contributed by atoms with Gasteiger partial charge >= 0.3 is 0 Å². The van der Waals surface area contributed by atoms with Crippen molar-refractivity contribution >= 4 is 11.8 Å². The molecule has 0 aromatic rings. The first-order chi connectivity index (χ1) is 16.7. The number of piperidine rings is 1. The Morgan fingerprint density at radius 2 is 1.80 bits per heavy atom. The van der Waals surface area contributed by atoms with Gasteiger partial charge in [-0.15, -0.1) is 0 Å². The Hall–Kier alpha value is -1.22. The van der Waals surface area contributed by atoms with E-state index >= 15 is 0 Å². The molecule has 0 saturated carbocycles. The van der Waals surface area contributed by atoms with Crippen LogP contribution in [0.1, 0.15) is 66.7 Å². The molecule has 4 aliphatic heterocycles. The molecule has 8 nitrogen and oxygen atoms in total. The van der Waals surface area contributed by atoms with Crippen molar-refractivity contribution in [3.05, 3.63) is 0 Å². The van der Waals surface area contributed by atoms with Crippen molar-refractivity contribution in [3.8, 4) is 0 Å². The fraction of sp³-hybridized carbons (Fsp3) is 0.926. The van der Waals surface area contributed by atoms with Crippen LogP contribution in [0.5, 0.6) is 0 Å². The first-order valence-electron chi connectivity index (χ1n) is 14.0. The zero-order valence-electron chi connectivity index (χ0n) is 22.6. The fourth-order valence-electron chi connectivity index (χ4n) is 6.15. The van der Waals surface area contributed by atoms with Gasteiger partial charge in [-0.3, -0.25) is 9.59 Å². The molecule has 3 atom stereocenters. The summed E-state index contributed by atoms with van der Waals surface area (Å²) in [6, 6.07) is -0.575. The molecule has 4 rings (SSSR count). The third-order valence-electron chi connectivity index (χ3n) is 8.17. The van der Waals surface area contributed by atoms with Gasteiger partial charge in [0.2, 0.25) is 11.8 Å². The van der Waals surface area contributed by atoms with Crippen LogP contribution >= 0.6 is 0 Å². The first kappa shape index (κ1) is 26.8. The van der Waals surface area contributed by atoms with E-state index in [0.717, 1.165) is 32.7 Å². The quantitative estimate of drug-likeness (QED) is 0.561. The van der Waals surface area contributed by atoms with Crippen LogP contribution in [0.2, 0.25) is 0 Å². The first-order valence-corrected chi connectivity index (χ1v) is 14.0. The van der Waals surface area contributed by atoms with E-state index in [1.54, 1.807) is 0 Å². The Bertz CT molecular complexity index is 733. The third-order valence-corrected chi connectivity index (χ3v) is 8.17. The number of carbonyl (C=O) groups is 2. The molecule has 0 unspecified atom stereocenters. The number of ether oxygens (including phenoxy) is 2. The number of nitrogens with one attached hydrogen (secondary N) is 1. The lowest BCUT2D eigenvalue weighted by Crippen LogP contribution is -2.64. The minimum Gasteiger partial charge on any atom is -0.349 e. The van der Waals surface area contributed by atoms with Gasteiger partial charge in [-0.25, -0.2) is 0 Å². The van der Waals surface area contributed by atoms with Gasteiger partial charge in [-0.1, -0.05) is 27.7 Å². The van der Waals surface area contributed by atoms with Crippen molar-refractivity contribution < 1.29 is 19.1 Å². The number of piperazine rings is 1. The van der Waals surface area contributed by atoms with E-state index in [2.05, 4.69) is 44.8 Å². The van der Waals surface area contributed by atoms with E-state index in [4.69, 9.17) is 9.47 Å². The smallest absolute Gasteiger partial charge is 0.245 e. The second-order valence-electron chi connectivity index (χ2n) is 12.2. The highest BCUT2D eigenvalue weighted by atomic mass is 16.7. The lowest BCUT2D eigenvalue weighted by molar-refractivity contribution is -0.304. The highest BCUT2D eigenvalue weighted by molar-refractivity contribution is 5.90. The van der Waals surface area contributed by atoms with Crippen molar-refractivity contribution in [1.82, 2.24) is 20.0 Å². The summed E-state index contributed by atoms with van der Waals surface area (Å²) in [5, 5.41) is 3.37. The van der Waals surface area contributed by atoms with Gasteiger partial charge in [-0.05, 0) is 51.1 Å². The average molecular weight is 493 g/mol. The van der Waals surface area contributed by atoms with Gasteiger partial charge in [0.05, 0.1) is 19.3 Å². The van der Waals surface area contributed by atoms with E-state index < -0.39 is 11.8 Å². The Kier molecular flexibility index (Phi) is 8.78. The molecule has 4 aliphatic rings. The van der Waals surface area contributed by atoms with Crippen LogP contribution in [0.15, 0.2) is 0 Å². The van der Waals surface area contributed by atoms with Gasteiger partial charge < -0.3 is 29.5 Å². The highest BCUT2D eigenvalue weighted by Crippen LogP contribution is 2.36. The van der Waals surface area contributed by atoms with Gasteiger partial charge in [0.15, 0.2) is 5.79 Å². The Balaban J connectivity index is 1.38. The molecule has 200 valence electrons. The molecule has 0 bridgehead atoms. The maximum Gasteiger partial charge on any atom is 0.245 e.